The third kappa shape index (κ3) is 4.18. The molecule has 0 unspecified atom stereocenters. The Morgan fingerprint density at radius 1 is 1.09 bits per heavy atom. The number of aromatic nitrogens is 2. The summed E-state index contributed by atoms with van der Waals surface area (Å²) >= 11 is 0. The highest BCUT2D eigenvalue weighted by Crippen LogP contribution is 2.22. The summed E-state index contributed by atoms with van der Waals surface area (Å²) in [4.78, 5) is 22.8. The van der Waals surface area contributed by atoms with Crippen LogP contribution in [0.4, 0.5) is 5.82 Å². The quantitative estimate of drug-likeness (QED) is 0.790. The van der Waals surface area contributed by atoms with Crippen LogP contribution in [0.3, 0.4) is 0 Å². The van der Waals surface area contributed by atoms with E-state index in [2.05, 4.69) is 26.9 Å². The Hall–Kier alpha value is -2.63. The Kier molecular flexibility index (Phi) is 4.93. The van der Waals surface area contributed by atoms with Crippen molar-refractivity contribution in [2.75, 3.05) is 11.9 Å². The van der Waals surface area contributed by atoms with Crippen LogP contribution in [-0.2, 0) is 9.59 Å². The maximum Gasteiger partial charge on any atom is 0.244 e. The van der Waals surface area contributed by atoms with Crippen molar-refractivity contribution in [1.82, 2.24) is 15.5 Å². The fourth-order valence-corrected chi connectivity index (χ4v) is 2.15. The summed E-state index contributed by atoms with van der Waals surface area (Å²) in [7, 11) is 0. The highest BCUT2D eigenvalue weighted by Gasteiger charge is 2.09. The van der Waals surface area contributed by atoms with E-state index in [4.69, 9.17) is 0 Å². The van der Waals surface area contributed by atoms with Crippen molar-refractivity contribution < 1.29 is 9.59 Å². The van der Waals surface area contributed by atoms with Crippen LogP contribution < -0.4 is 10.6 Å². The molecule has 1 aromatic carbocycles. The number of carbonyl (C=O) groups excluding carboxylic acids is 2. The molecule has 3 N–H and O–H groups in total. The maximum atomic E-state index is 11.7. The minimum atomic E-state index is -0.305. The highest BCUT2D eigenvalue weighted by atomic mass is 16.2. The van der Waals surface area contributed by atoms with Gasteiger partial charge in [-0.15, -0.1) is 0 Å². The second kappa shape index (κ2) is 6.89. The molecule has 0 fully saturated rings. The average Bonchev–Trinajstić information content (AvgIpc) is 2.92. The molecule has 0 saturated heterocycles. The van der Waals surface area contributed by atoms with E-state index >= 15 is 0 Å². The largest absolute Gasteiger partial charge is 0.347 e. The Labute approximate surface area is 129 Å². The van der Waals surface area contributed by atoms with Crippen LogP contribution in [0.25, 0.3) is 11.3 Å². The van der Waals surface area contributed by atoms with Crippen LogP contribution in [0.2, 0.25) is 0 Å². The predicted molar refractivity (Wildman–Crippen MR) is 85.4 cm³/mol. The van der Waals surface area contributed by atoms with Gasteiger partial charge in [-0.3, -0.25) is 14.7 Å². The zero-order valence-corrected chi connectivity index (χ0v) is 13.0. The second-order valence-corrected chi connectivity index (χ2v) is 5.22. The minimum Gasteiger partial charge on any atom is -0.347 e. The van der Waals surface area contributed by atoms with E-state index in [1.54, 1.807) is 13.0 Å². The third-order valence-electron chi connectivity index (χ3n) is 3.15. The summed E-state index contributed by atoms with van der Waals surface area (Å²) in [6, 6.07) is 7.97. The molecule has 0 bridgehead atoms. The molecule has 116 valence electrons. The van der Waals surface area contributed by atoms with Crippen molar-refractivity contribution in [2.45, 2.75) is 27.2 Å². The number of hydrogen-bond donors (Lipinski definition) is 3. The molecule has 0 spiro atoms. The number of carbonyl (C=O) groups is 2. The lowest BCUT2D eigenvalue weighted by Gasteiger charge is -2.03. The van der Waals surface area contributed by atoms with Gasteiger partial charge in [0.15, 0.2) is 5.82 Å². The molecule has 2 amide bonds. The first-order chi connectivity index (χ1) is 10.5. The van der Waals surface area contributed by atoms with Crippen molar-refractivity contribution in [1.29, 1.82) is 0 Å². The first-order valence-corrected chi connectivity index (χ1v) is 7.18. The molecule has 1 aromatic heterocycles. The van der Waals surface area contributed by atoms with Crippen LogP contribution in [-0.4, -0.2) is 28.6 Å². The lowest BCUT2D eigenvalue weighted by molar-refractivity contribution is -0.123. The Morgan fingerprint density at radius 3 is 2.41 bits per heavy atom. The zero-order chi connectivity index (χ0) is 16.1. The zero-order valence-electron chi connectivity index (χ0n) is 13.0. The molecule has 2 aromatic rings. The van der Waals surface area contributed by atoms with Crippen molar-refractivity contribution >= 4 is 17.6 Å². The fourth-order valence-electron chi connectivity index (χ4n) is 2.15. The van der Waals surface area contributed by atoms with E-state index in [0.29, 0.717) is 12.2 Å². The molecule has 0 saturated carbocycles. The van der Waals surface area contributed by atoms with Crippen molar-refractivity contribution in [2.24, 2.45) is 0 Å². The number of hydrogen-bond acceptors (Lipinski definition) is 3. The normalized spacial score (nSPS) is 10.3. The Bertz CT molecular complexity index is 671. The summed E-state index contributed by atoms with van der Waals surface area (Å²) < 4.78 is 0. The number of rotatable bonds is 5. The number of benzene rings is 1. The summed E-state index contributed by atoms with van der Waals surface area (Å²) in [6.07, 6.45) is 0.354. The smallest absolute Gasteiger partial charge is 0.244 e. The van der Waals surface area contributed by atoms with E-state index in [1.165, 1.54) is 0 Å². The number of amides is 2. The van der Waals surface area contributed by atoms with Gasteiger partial charge in [0.1, 0.15) is 0 Å². The van der Waals surface area contributed by atoms with E-state index in [1.807, 2.05) is 26.0 Å². The minimum absolute atomic E-state index is 0.0571. The summed E-state index contributed by atoms with van der Waals surface area (Å²) in [5.41, 5.74) is 4.18. The monoisotopic (exact) mass is 300 g/mol. The Morgan fingerprint density at radius 2 is 1.77 bits per heavy atom. The molecule has 6 nitrogen and oxygen atoms in total. The van der Waals surface area contributed by atoms with Gasteiger partial charge in [-0.25, -0.2) is 0 Å². The number of H-pyrrole nitrogens is 1. The van der Waals surface area contributed by atoms with Gasteiger partial charge in [-0.2, -0.15) is 5.10 Å². The molecular formula is C16H20N4O2. The molecule has 0 atom stereocenters. The maximum absolute atomic E-state index is 11.7. The van der Waals surface area contributed by atoms with Crippen LogP contribution in [0.1, 0.15) is 24.5 Å². The topological polar surface area (TPSA) is 86.9 Å². The molecule has 2 rings (SSSR count). The van der Waals surface area contributed by atoms with Gasteiger partial charge < -0.3 is 10.6 Å². The van der Waals surface area contributed by atoms with Crippen molar-refractivity contribution in [3.05, 3.63) is 35.4 Å². The number of anilines is 1. The first-order valence-electron chi connectivity index (χ1n) is 7.18. The summed E-state index contributed by atoms with van der Waals surface area (Å²) in [5, 5.41) is 12.1. The van der Waals surface area contributed by atoms with Gasteiger partial charge in [0.25, 0.3) is 0 Å². The molecule has 22 heavy (non-hydrogen) atoms. The fraction of sp³-hybridized carbons (Fsp3) is 0.312. The van der Waals surface area contributed by atoms with Gasteiger partial charge in [0.05, 0.1) is 12.2 Å². The lowest BCUT2D eigenvalue weighted by Crippen LogP contribution is -2.32. The van der Waals surface area contributed by atoms with Crippen molar-refractivity contribution in [3.63, 3.8) is 0 Å². The summed E-state index contributed by atoms with van der Waals surface area (Å²) in [6.45, 7) is 5.74. The van der Waals surface area contributed by atoms with Gasteiger partial charge >= 0.3 is 0 Å². The molecule has 0 aliphatic heterocycles. The summed E-state index contributed by atoms with van der Waals surface area (Å²) in [5.74, 6) is -0.0294. The number of aromatic amines is 1. The van der Waals surface area contributed by atoms with Crippen LogP contribution >= 0.6 is 0 Å². The van der Waals surface area contributed by atoms with Crippen LogP contribution in [0, 0.1) is 13.8 Å². The molecular weight excluding hydrogens is 280 g/mol. The molecule has 1 heterocycles. The Balaban J connectivity index is 2.02. The van der Waals surface area contributed by atoms with Gasteiger partial charge in [-0.05, 0) is 26.0 Å². The second-order valence-electron chi connectivity index (χ2n) is 5.22. The van der Waals surface area contributed by atoms with E-state index < -0.39 is 0 Å². The predicted octanol–water partition coefficient (Wildman–Crippen LogP) is 2.16. The van der Waals surface area contributed by atoms with E-state index in [9.17, 15) is 9.59 Å². The van der Waals surface area contributed by atoms with Gasteiger partial charge in [-0.1, -0.05) is 24.1 Å². The van der Waals surface area contributed by atoms with E-state index in [0.717, 1.165) is 22.4 Å². The highest BCUT2D eigenvalue weighted by molar-refractivity contribution is 5.94. The molecule has 0 aliphatic carbocycles. The standard InChI is InChI=1S/C16H20N4O2/c1-4-15(21)17-9-16(22)18-14-8-13(19-20-14)12-6-10(2)5-11(3)7-12/h5-8H,4,9H2,1-3H3,(H,17,21)(H2,18,19,20,22). The molecule has 0 radical (unpaired) electrons. The molecule has 6 heteroatoms. The average molecular weight is 300 g/mol. The SMILES string of the molecule is CCC(=O)NCC(=O)Nc1cc(-c2cc(C)cc(C)c2)[nH]n1. The number of nitrogens with zero attached hydrogens (tertiary/aromatic N) is 1. The van der Waals surface area contributed by atoms with Crippen molar-refractivity contribution in [3.8, 4) is 11.3 Å². The molecule has 0 aliphatic rings. The van der Waals surface area contributed by atoms with Gasteiger partial charge in [0, 0.05) is 18.1 Å². The van der Waals surface area contributed by atoms with E-state index in [-0.39, 0.29) is 18.4 Å². The van der Waals surface area contributed by atoms with Crippen LogP contribution in [0.15, 0.2) is 24.3 Å². The first kappa shape index (κ1) is 15.8. The number of aryl methyl sites for hydroxylation is 2. The van der Waals surface area contributed by atoms with Gasteiger partial charge in [0.2, 0.25) is 11.8 Å². The third-order valence-corrected chi connectivity index (χ3v) is 3.15. The lowest BCUT2D eigenvalue weighted by atomic mass is 10.1. The van der Waals surface area contributed by atoms with Crippen LogP contribution in [0.5, 0.6) is 0 Å². The number of nitrogens with one attached hydrogen (secondary N) is 3.